The van der Waals surface area contributed by atoms with Gasteiger partial charge in [-0.25, -0.2) is 8.42 Å². The van der Waals surface area contributed by atoms with E-state index >= 15 is 0 Å². The average molecular weight is 369 g/mol. The number of amides is 1. The number of sulfonamides is 1. The molecule has 0 spiro atoms. The first-order valence-corrected chi connectivity index (χ1v) is 10.3. The molecule has 3 heterocycles. The molecule has 25 heavy (non-hydrogen) atoms. The average Bonchev–Trinajstić information content (AvgIpc) is 2.94. The van der Waals surface area contributed by atoms with E-state index in [-0.39, 0.29) is 29.3 Å². The number of nitrogens with zero attached hydrogens (tertiary/aromatic N) is 3. The van der Waals surface area contributed by atoms with Crippen LogP contribution in [0.4, 0.5) is 0 Å². The van der Waals surface area contributed by atoms with E-state index in [1.807, 2.05) is 11.8 Å². The van der Waals surface area contributed by atoms with Gasteiger partial charge in [-0.1, -0.05) is 0 Å². The zero-order valence-corrected chi connectivity index (χ0v) is 15.9. The van der Waals surface area contributed by atoms with Gasteiger partial charge >= 0.3 is 0 Å². The van der Waals surface area contributed by atoms with Crippen molar-refractivity contribution in [2.24, 2.45) is 5.92 Å². The number of aryl methyl sites for hydroxylation is 2. The Kier molecular flexibility index (Phi) is 5.17. The summed E-state index contributed by atoms with van der Waals surface area (Å²) in [6.45, 7) is 8.39. The number of aromatic nitrogens is 2. The van der Waals surface area contributed by atoms with Gasteiger partial charge in [0.25, 0.3) is 0 Å². The van der Waals surface area contributed by atoms with Crippen LogP contribution in [-0.2, 0) is 14.8 Å². The van der Waals surface area contributed by atoms with Crippen LogP contribution in [0.25, 0.3) is 0 Å². The van der Waals surface area contributed by atoms with Crippen LogP contribution in [-0.4, -0.2) is 72.5 Å². The molecule has 0 radical (unpaired) electrons. The van der Waals surface area contributed by atoms with Crippen molar-refractivity contribution in [2.45, 2.75) is 44.6 Å². The van der Waals surface area contributed by atoms with Crippen molar-refractivity contribution in [3.8, 4) is 0 Å². The minimum atomic E-state index is -3.63. The van der Waals surface area contributed by atoms with Crippen LogP contribution in [0.1, 0.15) is 31.2 Å². The fraction of sp³-hybridized carbons (Fsp3) is 0.750. The molecule has 1 unspecified atom stereocenters. The predicted octanol–water partition coefficient (Wildman–Crippen LogP) is 0.248. The molecule has 2 N–H and O–H groups in total. The fourth-order valence-corrected chi connectivity index (χ4v) is 5.67. The predicted molar refractivity (Wildman–Crippen MR) is 93.6 cm³/mol. The third kappa shape index (κ3) is 3.45. The molecule has 3 rings (SSSR count). The Morgan fingerprint density at radius 2 is 2.04 bits per heavy atom. The molecular weight excluding hydrogens is 342 g/mol. The largest absolute Gasteiger partial charge is 0.337 e. The molecule has 8 nitrogen and oxygen atoms in total. The van der Waals surface area contributed by atoms with Crippen molar-refractivity contribution in [3.63, 3.8) is 0 Å². The Morgan fingerprint density at radius 1 is 1.28 bits per heavy atom. The van der Waals surface area contributed by atoms with E-state index in [4.69, 9.17) is 0 Å². The minimum Gasteiger partial charge on any atom is -0.337 e. The van der Waals surface area contributed by atoms with Gasteiger partial charge in [-0.3, -0.25) is 9.89 Å². The molecule has 2 aliphatic heterocycles. The van der Waals surface area contributed by atoms with E-state index < -0.39 is 10.0 Å². The molecule has 9 heteroatoms. The summed E-state index contributed by atoms with van der Waals surface area (Å²) in [5.41, 5.74) is 1.02. The maximum absolute atomic E-state index is 13.0. The monoisotopic (exact) mass is 369 g/mol. The first-order valence-electron chi connectivity index (χ1n) is 8.85. The molecule has 0 saturated carbocycles. The number of rotatable bonds is 3. The maximum Gasteiger partial charge on any atom is 0.246 e. The third-order valence-corrected chi connectivity index (χ3v) is 7.31. The van der Waals surface area contributed by atoms with Gasteiger partial charge in [0.05, 0.1) is 17.3 Å². The highest BCUT2D eigenvalue weighted by molar-refractivity contribution is 7.89. The zero-order chi connectivity index (χ0) is 18.2. The van der Waals surface area contributed by atoms with Crippen molar-refractivity contribution < 1.29 is 13.2 Å². The van der Waals surface area contributed by atoms with E-state index in [1.54, 1.807) is 13.8 Å². The second-order valence-electron chi connectivity index (χ2n) is 7.05. The van der Waals surface area contributed by atoms with Crippen LogP contribution < -0.4 is 5.32 Å². The summed E-state index contributed by atoms with van der Waals surface area (Å²) in [5.74, 6) is -0.189. The standard InChI is InChI=1S/C16H27N5O3S/c1-11-9-17-6-8-21(11)16(22)14-5-4-7-20(10-14)25(23,24)15-12(2)18-19-13(15)3/h11,14,17H,4-10H2,1-3H3,(H,18,19)/t11-,14?/m0/s1. The van der Waals surface area contributed by atoms with Crippen molar-refractivity contribution in [2.75, 3.05) is 32.7 Å². The number of piperidine rings is 1. The number of hydrogen-bond donors (Lipinski definition) is 2. The Hall–Kier alpha value is -1.45. The smallest absolute Gasteiger partial charge is 0.246 e. The zero-order valence-electron chi connectivity index (χ0n) is 15.1. The Morgan fingerprint density at radius 3 is 2.68 bits per heavy atom. The van der Waals surface area contributed by atoms with Crippen LogP contribution in [0.3, 0.4) is 0 Å². The topological polar surface area (TPSA) is 98.4 Å². The molecule has 1 aromatic rings. The molecule has 0 bridgehead atoms. The highest BCUT2D eigenvalue weighted by Crippen LogP contribution is 2.28. The summed E-state index contributed by atoms with van der Waals surface area (Å²) >= 11 is 0. The lowest BCUT2D eigenvalue weighted by molar-refractivity contribution is -0.139. The van der Waals surface area contributed by atoms with E-state index in [1.165, 1.54) is 4.31 Å². The van der Waals surface area contributed by atoms with Crippen molar-refractivity contribution >= 4 is 15.9 Å². The molecule has 1 amide bonds. The van der Waals surface area contributed by atoms with Crippen molar-refractivity contribution in [1.29, 1.82) is 0 Å². The molecule has 0 aromatic carbocycles. The van der Waals surface area contributed by atoms with Crippen LogP contribution in [0.15, 0.2) is 4.90 Å². The number of aromatic amines is 1. The second-order valence-corrected chi connectivity index (χ2v) is 8.92. The summed E-state index contributed by atoms with van der Waals surface area (Å²) in [6, 6.07) is 0.145. The van der Waals surface area contributed by atoms with Gasteiger partial charge in [-0.2, -0.15) is 9.40 Å². The van der Waals surface area contributed by atoms with E-state index in [2.05, 4.69) is 15.5 Å². The SMILES string of the molecule is Cc1n[nH]c(C)c1S(=O)(=O)N1CCCC(C(=O)N2CCNC[C@@H]2C)C1. The number of hydrogen-bond acceptors (Lipinski definition) is 5. The lowest BCUT2D eigenvalue weighted by Crippen LogP contribution is -2.55. The highest BCUT2D eigenvalue weighted by Gasteiger charge is 2.38. The normalized spacial score (nSPS) is 26.0. The van der Waals surface area contributed by atoms with E-state index in [0.717, 1.165) is 19.5 Å². The van der Waals surface area contributed by atoms with Crippen LogP contribution in [0, 0.1) is 19.8 Å². The molecule has 1 aromatic heterocycles. The molecule has 2 saturated heterocycles. The highest BCUT2D eigenvalue weighted by atomic mass is 32.2. The molecule has 2 fully saturated rings. The number of nitrogens with one attached hydrogen (secondary N) is 2. The van der Waals surface area contributed by atoms with Gasteiger partial charge in [0.1, 0.15) is 4.90 Å². The van der Waals surface area contributed by atoms with E-state index in [9.17, 15) is 13.2 Å². The summed E-state index contributed by atoms with van der Waals surface area (Å²) < 4.78 is 27.5. The van der Waals surface area contributed by atoms with Gasteiger partial charge < -0.3 is 10.2 Å². The Bertz CT molecular complexity index is 725. The van der Waals surface area contributed by atoms with Gasteiger partial charge in [-0.05, 0) is 33.6 Å². The maximum atomic E-state index is 13.0. The number of piperazine rings is 1. The number of H-pyrrole nitrogens is 1. The van der Waals surface area contributed by atoms with Crippen LogP contribution >= 0.6 is 0 Å². The van der Waals surface area contributed by atoms with E-state index in [0.29, 0.717) is 30.9 Å². The lowest BCUT2D eigenvalue weighted by Gasteiger charge is -2.39. The summed E-state index contributed by atoms with van der Waals surface area (Å²) in [4.78, 5) is 15.1. The molecule has 0 aliphatic carbocycles. The fourth-order valence-electron chi connectivity index (χ4n) is 3.82. The Balaban J connectivity index is 1.78. The quantitative estimate of drug-likeness (QED) is 0.796. The van der Waals surface area contributed by atoms with Gasteiger partial charge in [0.2, 0.25) is 15.9 Å². The summed E-state index contributed by atoms with van der Waals surface area (Å²) in [6.07, 6.45) is 1.44. The first-order chi connectivity index (χ1) is 11.8. The molecule has 2 atom stereocenters. The summed E-state index contributed by atoms with van der Waals surface area (Å²) in [7, 11) is -3.63. The molecule has 140 valence electrons. The summed E-state index contributed by atoms with van der Waals surface area (Å²) in [5, 5.41) is 10.0. The minimum absolute atomic E-state index is 0.0783. The van der Waals surface area contributed by atoms with Gasteiger partial charge in [0, 0.05) is 38.8 Å². The number of carbonyl (C=O) groups excluding carboxylic acids is 1. The van der Waals surface area contributed by atoms with Gasteiger partial charge in [-0.15, -0.1) is 0 Å². The van der Waals surface area contributed by atoms with Crippen LogP contribution in [0.5, 0.6) is 0 Å². The first kappa shape index (κ1) is 18.3. The van der Waals surface area contributed by atoms with Crippen molar-refractivity contribution in [1.82, 2.24) is 24.7 Å². The molecular formula is C16H27N5O3S. The lowest BCUT2D eigenvalue weighted by atomic mass is 9.97. The van der Waals surface area contributed by atoms with Gasteiger partial charge in [0.15, 0.2) is 0 Å². The number of carbonyl (C=O) groups is 1. The third-order valence-electron chi connectivity index (χ3n) is 5.18. The van der Waals surface area contributed by atoms with Crippen LogP contribution in [0.2, 0.25) is 0 Å². The second kappa shape index (κ2) is 7.05. The Labute approximate surface area is 149 Å². The molecule has 2 aliphatic rings. The van der Waals surface area contributed by atoms with Crippen molar-refractivity contribution in [3.05, 3.63) is 11.4 Å².